The molecule has 2 heterocycles. The molecule has 0 aliphatic carbocycles. The number of furan rings is 1. The van der Waals surface area contributed by atoms with Crippen molar-refractivity contribution in [1.29, 1.82) is 0 Å². The standard InChI is InChI=1S/C14H16N2O2/c1-9(2)15-14(17)11-6-7-12(16-10(11)3)13-5-4-8-18-13/h4-9H,1-3H3,(H,15,17). The molecule has 0 aliphatic rings. The van der Waals surface area contributed by atoms with E-state index in [1.54, 1.807) is 18.4 Å². The molecule has 2 rings (SSSR count). The molecule has 4 nitrogen and oxygen atoms in total. The van der Waals surface area contributed by atoms with E-state index in [0.29, 0.717) is 17.0 Å². The summed E-state index contributed by atoms with van der Waals surface area (Å²) in [5.41, 5.74) is 2.03. The van der Waals surface area contributed by atoms with Crippen molar-refractivity contribution >= 4 is 5.91 Å². The first-order valence-corrected chi connectivity index (χ1v) is 5.90. The van der Waals surface area contributed by atoms with Crippen LogP contribution in [0.15, 0.2) is 34.9 Å². The lowest BCUT2D eigenvalue weighted by atomic mass is 10.1. The lowest BCUT2D eigenvalue weighted by Gasteiger charge is -2.10. The Hall–Kier alpha value is -2.10. The lowest BCUT2D eigenvalue weighted by molar-refractivity contribution is 0.0942. The van der Waals surface area contributed by atoms with E-state index in [1.165, 1.54) is 0 Å². The predicted molar refractivity (Wildman–Crippen MR) is 69.3 cm³/mol. The quantitative estimate of drug-likeness (QED) is 0.903. The highest BCUT2D eigenvalue weighted by Crippen LogP contribution is 2.19. The van der Waals surface area contributed by atoms with Crippen LogP contribution in [0.25, 0.3) is 11.5 Å². The molecule has 0 aliphatic heterocycles. The Balaban J connectivity index is 2.28. The summed E-state index contributed by atoms with van der Waals surface area (Å²) in [7, 11) is 0. The van der Waals surface area contributed by atoms with E-state index in [-0.39, 0.29) is 11.9 Å². The van der Waals surface area contributed by atoms with Gasteiger partial charge in [-0.15, -0.1) is 0 Å². The van der Waals surface area contributed by atoms with Gasteiger partial charge >= 0.3 is 0 Å². The van der Waals surface area contributed by atoms with Gasteiger partial charge in [0.25, 0.3) is 5.91 Å². The number of pyridine rings is 1. The van der Waals surface area contributed by atoms with Crippen molar-refractivity contribution < 1.29 is 9.21 Å². The molecule has 94 valence electrons. The van der Waals surface area contributed by atoms with Gasteiger partial charge in [-0.25, -0.2) is 4.98 Å². The third-order valence-electron chi connectivity index (χ3n) is 2.52. The van der Waals surface area contributed by atoms with Crippen LogP contribution in [0.3, 0.4) is 0 Å². The van der Waals surface area contributed by atoms with Crippen LogP contribution < -0.4 is 5.32 Å². The first-order chi connectivity index (χ1) is 8.58. The summed E-state index contributed by atoms with van der Waals surface area (Å²) < 4.78 is 5.28. The minimum Gasteiger partial charge on any atom is -0.463 e. The minimum atomic E-state index is -0.0963. The highest BCUT2D eigenvalue weighted by Gasteiger charge is 2.12. The van der Waals surface area contributed by atoms with Crippen molar-refractivity contribution in [1.82, 2.24) is 10.3 Å². The first-order valence-electron chi connectivity index (χ1n) is 5.90. The van der Waals surface area contributed by atoms with E-state index in [1.807, 2.05) is 32.9 Å². The van der Waals surface area contributed by atoms with Crippen LogP contribution in [0.5, 0.6) is 0 Å². The van der Waals surface area contributed by atoms with Crippen LogP contribution in [0.1, 0.15) is 29.9 Å². The van der Waals surface area contributed by atoms with Gasteiger partial charge in [0.1, 0.15) is 5.69 Å². The maximum absolute atomic E-state index is 11.9. The molecule has 0 spiro atoms. The molecule has 0 unspecified atom stereocenters. The smallest absolute Gasteiger partial charge is 0.253 e. The van der Waals surface area contributed by atoms with Crippen molar-refractivity contribution in [3.8, 4) is 11.5 Å². The molecule has 0 saturated carbocycles. The highest BCUT2D eigenvalue weighted by molar-refractivity contribution is 5.95. The maximum Gasteiger partial charge on any atom is 0.253 e. The molecular weight excluding hydrogens is 228 g/mol. The van der Waals surface area contributed by atoms with E-state index in [2.05, 4.69) is 10.3 Å². The number of carbonyl (C=O) groups is 1. The topological polar surface area (TPSA) is 55.1 Å². The van der Waals surface area contributed by atoms with Crippen LogP contribution in [-0.4, -0.2) is 16.9 Å². The van der Waals surface area contributed by atoms with Gasteiger partial charge in [-0.1, -0.05) is 0 Å². The fraction of sp³-hybridized carbons (Fsp3) is 0.286. The van der Waals surface area contributed by atoms with Crippen molar-refractivity contribution in [2.45, 2.75) is 26.8 Å². The van der Waals surface area contributed by atoms with Crippen molar-refractivity contribution in [3.05, 3.63) is 41.8 Å². The Morgan fingerprint density at radius 1 is 1.33 bits per heavy atom. The summed E-state index contributed by atoms with van der Waals surface area (Å²) in [6.07, 6.45) is 1.60. The molecule has 0 radical (unpaired) electrons. The number of aromatic nitrogens is 1. The van der Waals surface area contributed by atoms with E-state index in [0.717, 1.165) is 5.69 Å². The summed E-state index contributed by atoms with van der Waals surface area (Å²) in [4.78, 5) is 16.3. The second kappa shape index (κ2) is 5.04. The number of hydrogen-bond donors (Lipinski definition) is 1. The van der Waals surface area contributed by atoms with E-state index >= 15 is 0 Å². The number of rotatable bonds is 3. The summed E-state index contributed by atoms with van der Waals surface area (Å²) in [6, 6.07) is 7.34. The van der Waals surface area contributed by atoms with E-state index in [4.69, 9.17) is 4.42 Å². The summed E-state index contributed by atoms with van der Waals surface area (Å²) >= 11 is 0. The molecule has 18 heavy (non-hydrogen) atoms. The number of aryl methyl sites for hydroxylation is 1. The van der Waals surface area contributed by atoms with Crippen molar-refractivity contribution in [2.75, 3.05) is 0 Å². The normalized spacial score (nSPS) is 10.7. The summed E-state index contributed by atoms with van der Waals surface area (Å²) in [5, 5.41) is 2.85. The monoisotopic (exact) mass is 244 g/mol. The molecule has 2 aromatic heterocycles. The average Bonchev–Trinajstić information content (AvgIpc) is 2.80. The first kappa shape index (κ1) is 12.4. The Kier molecular flexibility index (Phi) is 3.46. The number of nitrogens with zero attached hydrogens (tertiary/aromatic N) is 1. The van der Waals surface area contributed by atoms with Crippen LogP contribution in [0.2, 0.25) is 0 Å². The third-order valence-corrected chi connectivity index (χ3v) is 2.52. The second-order valence-electron chi connectivity index (χ2n) is 4.43. The number of hydrogen-bond acceptors (Lipinski definition) is 3. The van der Waals surface area contributed by atoms with Gasteiger partial charge in [0, 0.05) is 6.04 Å². The van der Waals surface area contributed by atoms with E-state index in [9.17, 15) is 4.79 Å². The average molecular weight is 244 g/mol. The lowest BCUT2D eigenvalue weighted by Crippen LogP contribution is -2.30. The molecular formula is C14H16N2O2. The largest absolute Gasteiger partial charge is 0.463 e. The predicted octanol–water partition coefficient (Wildman–Crippen LogP) is 2.79. The minimum absolute atomic E-state index is 0.0963. The van der Waals surface area contributed by atoms with Gasteiger partial charge in [0.2, 0.25) is 0 Å². The Labute approximate surface area is 106 Å². The molecule has 1 N–H and O–H groups in total. The van der Waals surface area contributed by atoms with Crippen LogP contribution in [-0.2, 0) is 0 Å². The fourth-order valence-electron chi connectivity index (χ4n) is 1.70. The Morgan fingerprint density at radius 2 is 2.11 bits per heavy atom. The second-order valence-corrected chi connectivity index (χ2v) is 4.43. The zero-order valence-electron chi connectivity index (χ0n) is 10.7. The van der Waals surface area contributed by atoms with Crippen molar-refractivity contribution in [2.24, 2.45) is 0 Å². The zero-order chi connectivity index (χ0) is 13.1. The molecule has 0 saturated heterocycles. The molecule has 1 amide bonds. The molecule has 0 fully saturated rings. The van der Waals surface area contributed by atoms with Gasteiger partial charge in [0.05, 0.1) is 17.5 Å². The molecule has 0 aromatic carbocycles. The molecule has 0 bridgehead atoms. The fourth-order valence-corrected chi connectivity index (χ4v) is 1.70. The zero-order valence-corrected chi connectivity index (χ0v) is 10.7. The highest BCUT2D eigenvalue weighted by atomic mass is 16.3. The SMILES string of the molecule is Cc1nc(-c2ccco2)ccc1C(=O)NC(C)C. The van der Waals surface area contributed by atoms with Crippen molar-refractivity contribution in [3.63, 3.8) is 0 Å². The van der Waals surface area contributed by atoms with Crippen LogP contribution >= 0.6 is 0 Å². The van der Waals surface area contributed by atoms with Gasteiger partial charge in [-0.3, -0.25) is 4.79 Å². The molecule has 4 heteroatoms. The number of amides is 1. The van der Waals surface area contributed by atoms with Gasteiger partial charge in [-0.05, 0) is 45.0 Å². The molecule has 0 atom stereocenters. The van der Waals surface area contributed by atoms with E-state index < -0.39 is 0 Å². The number of nitrogens with one attached hydrogen (secondary N) is 1. The van der Waals surface area contributed by atoms with Gasteiger partial charge in [-0.2, -0.15) is 0 Å². The van der Waals surface area contributed by atoms with Gasteiger partial charge in [0.15, 0.2) is 5.76 Å². The summed E-state index contributed by atoms with van der Waals surface area (Å²) in [5.74, 6) is 0.606. The molecule has 2 aromatic rings. The summed E-state index contributed by atoms with van der Waals surface area (Å²) in [6.45, 7) is 5.68. The van der Waals surface area contributed by atoms with Gasteiger partial charge < -0.3 is 9.73 Å². The Morgan fingerprint density at radius 3 is 2.67 bits per heavy atom. The number of carbonyl (C=O) groups excluding carboxylic acids is 1. The van der Waals surface area contributed by atoms with Crippen LogP contribution in [0, 0.1) is 6.92 Å². The van der Waals surface area contributed by atoms with Crippen LogP contribution in [0.4, 0.5) is 0 Å². The Bertz CT molecular complexity index is 545. The third kappa shape index (κ3) is 2.59. The maximum atomic E-state index is 11.9.